The maximum atomic E-state index is 13.6. The van der Waals surface area contributed by atoms with Gasteiger partial charge in [-0.15, -0.1) is 0 Å². The van der Waals surface area contributed by atoms with Crippen LogP contribution in [-0.2, 0) is 9.63 Å². The fourth-order valence-corrected chi connectivity index (χ4v) is 1.99. The summed E-state index contributed by atoms with van der Waals surface area (Å²) < 4.78 is 36.7. The van der Waals surface area contributed by atoms with Crippen molar-refractivity contribution in [3.05, 3.63) is 53.6 Å². The highest BCUT2D eigenvalue weighted by Crippen LogP contribution is 2.22. The largest absolute Gasteiger partial charge is 0.497 e. The van der Waals surface area contributed by atoms with Crippen LogP contribution in [0, 0.1) is 11.6 Å². The van der Waals surface area contributed by atoms with E-state index in [0.29, 0.717) is 23.1 Å². The molecule has 0 aliphatic carbocycles. The van der Waals surface area contributed by atoms with E-state index in [1.807, 2.05) is 0 Å². The first-order valence-corrected chi connectivity index (χ1v) is 7.61. The molecule has 2 aromatic carbocycles. The third-order valence-corrected chi connectivity index (χ3v) is 3.41. The highest BCUT2D eigenvalue weighted by Gasteiger charge is 2.16. The quantitative estimate of drug-likeness (QED) is 0.604. The number of hydrogen-bond acceptors (Lipinski definition) is 5. The molecule has 0 radical (unpaired) electrons. The van der Waals surface area contributed by atoms with Gasteiger partial charge < -0.3 is 19.6 Å². The number of ether oxygens (including phenoxy) is 2. The van der Waals surface area contributed by atoms with Crippen LogP contribution in [-0.4, -0.2) is 32.4 Å². The Bertz CT molecular complexity index is 812. The summed E-state index contributed by atoms with van der Waals surface area (Å²) in [5.74, 6) is -1.10. The van der Waals surface area contributed by atoms with Crippen molar-refractivity contribution in [2.24, 2.45) is 5.16 Å². The average molecular weight is 364 g/mol. The maximum absolute atomic E-state index is 13.6. The summed E-state index contributed by atoms with van der Waals surface area (Å²) in [5.41, 5.74) is 0.439. The fraction of sp³-hybridized carbons (Fsp3) is 0.222. The first-order valence-electron chi connectivity index (χ1n) is 7.61. The number of oxime groups is 1. The van der Waals surface area contributed by atoms with Crippen molar-refractivity contribution in [2.45, 2.75) is 13.0 Å². The second kappa shape index (κ2) is 8.80. The smallest absolute Gasteiger partial charge is 0.268 e. The van der Waals surface area contributed by atoms with Gasteiger partial charge in [-0.3, -0.25) is 4.79 Å². The Morgan fingerprint density at radius 1 is 1.15 bits per heavy atom. The molecule has 1 atom stereocenters. The van der Waals surface area contributed by atoms with Crippen LogP contribution in [0.25, 0.3) is 0 Å². The molecule has 6 nitrogen and oxygen atoms in total. The molecule has 0 bridgehead atoms. The number of anilines is 1. The molecule has 0 aliphatic rings. The molecule has 0 spiro atoms. The van der Waals surface area contributed by atoms with E-state index in [0.717, 1.165) is 12.1 Å². The Hall–Kier alpha value is -3.16. The van der Waals surface area contributed by atoms with Crippen LogP contribution >= 0.6 is 0 Å². The van der Waals surface area contributed by atoms with Crippen molar-refractivity contribution < 1.29 is 27.9 Å². The van der Waals surface area contributed by atoms with Crippen LogP contribution in [0.1, 0.15) is 12.5 Å². The number of hydrogen-bond donors (Lipinski definition) is 1. The zero-order chi connectivity index (χ0) is 19.1. The Morgan fingerprint density at radius 3 is 2.58 bits per heavy atom. The Kier molecular flexibility index (Phi) is 6.48. The summed E-state index contributed by atoms with van der Waals surface area (Å²) in [7, 11) is 3.04. The molecule has 0 saturated heterocycles. The van der Waals surface area contributed by atoms with Crippen LogP contribution in [0.5, 0.6) is 11.5 Å². The number of benzene rings is 2. The number of carbonyl (C=O) groups excluding carboxylic acids is 1. The van der Waals surface area contributed by atoms with Gasteiger partial charge in [-0.05, 0) is 37.3 Å². The van der Waals surface area contributed by atoms with Gasteiger partial charge in [0.1, 0.15) is 23.1 Å². The van der Waals surface area contributed by atoms with Gasteiger partial charge in [0.15, 0.2) is 0 Å². The summed E-state index contributed by atoms with van der Waals surface area (Å²) in [4.78, 5) is 17.1. The molecule has 0 saturated carbocycles. The number of rotatable bonds is 7. The van der Waals surface area contributed by atoms with E-state index >= 15 is 0 Å². The van der Waals surface area contributed by atoms with E-state index in [4.69, 9.17) is 14.3 Å². The van der Waals surface area contributed by atoms with Crippen LogP contribution in [0.15, 0.2) is 41.6 Å². The molecule has 1 N–H and O–H groups in total. The Morgan fingerprint density at radius 2 is 1.92 bits per heavy atom. The van der Waals surface area contributed by atoms with Crippen molar-refractivity contribution in [2.75, 3.05) is 19.5 Å². The molecule has 0 heterocycles. The third-order valence-electron chi connectivity index (χ3n) is 3.41. The van der Waals surface area contributed by atoms with Gasteiger partial charge in [0, 0.05) is 11.6 Å². The van der Waals surface area contributed by atoms with Crippen LogP contribution in [0.3, 0.4) is 0 Å². The number of amides is 1. The van der Waals surface area contributed by atoms with Crippen molar-refractivity contribution in [1.82, 2.24) is 0 Å². The Labute approximate surface area is 149 Å². The molecule has 0 aliphatic heterocycles. The normalized spacial score (nSPS) is 11.9. The molecule has 0 fully saturated rings. The van der Waals surface area contributed by atoms with Gasteiger partial charge >= 0.3 is 0 Å². The fourth-order valence-electron chi connectivity index (χ4n) is 1.99. The molecular formula is C18H18F2N2O4. The van der Waals surface area contributed by atoms with Gasteiger partial charge in [-0.1, -0.05) is 5.16 Å². The minimum Gasteiger partial charge on any atom is -0.497 e. The van der Waals surface area contributed by atoms with E-state index in [1.165, 1.54) is 27.4 Å². The number of halogens is 2. The topological polar surface area (TPSA) is 69.1 Å². The van der Waals surface area contributed by atoms with Gasteiger partial charge in [0.25, 0.3) is 5.91 Å². The molecule has 138 valence electrons. The minimum atomic E-state index is -1.01. The zero-order valence-electron chi connectivity index (χ0n) is 14.5. The summed E-state index contributed by atoms with van der Waals surface area (Å²) in [6.45, 7) is 1.44. The molecular weight excluding hydrogens is 346 g/mol. The van der Waals surface area contributed by atoms with Crippen LogP contribution in [0.4, 0.5) is 14.5 Å². The molecule has 1 unspecified atom stereocenters. The SMILES string of the molecule is COc1ccc(OC)c(/C=N/OC(C)C(=O)Nc2ccc(F)cc2F)c1. The van der Waals surface area contributed by atoms with E-state index < -0.39 is 23.6 Å². The molecule has 2 rings (SSSR count). The third kappa shape index (κ3) is 4.92. The lowest BCUT2D eigenvalue weighted by Gasteiger charge is -2.11. The van der Waals surface area contributed by atoms with Crippen LogP contribution in [0.2, 0.25) is 0 Å². The van der Waals surface area contributed by atoms with E-state index in [2.05, 4.69) is 10.5 Å². The first kappa shape index (κ1) is 19.2. The summed E-state index contributed by atoms with van der Waals surface area (Å²) in [6.07, 6.45) is 0.358. The van der Waals surface area contributed by atoms with Gasteiger partial charge in [-0.25, -0.2) is 8.78 Å². The van der Waals surface area contributed by atoms with Gasteiger partial charge in [0.2, 0.25) is 6.10 Å². The standard InChI is InChI=1S/C18H18F2N2O4/c1-11(18(23)22-16-6-4-13(19)9-15(16)20)26-21-10-12-8-14(24-2)5-7-17(12)25-3/h4-11H,1-3H3,(H,22,23)/b21-10+. The molecule has 8 heteroatoms. The molecule has 0 aromatic heterocycles. The van der Waals surface area contributed by atoms with E-state index in [9.17, 15) is 13.6 Å². The number of nitrogens with zero attached hydrogens (tertiary/aromatic N) is 1. The van der Waals surface area contributed by atoms with Crippen LogP contribution < -0.4 is 14.8 Å². The maximum Gasteiger partial charge on any atom is 0.268 e. The van der Waals surface area contributed by atoms with Gasteiger partial charge in [0.05, 0.1) is 26.1 Å². The van der Waals surface area contributed by atoms with Gasteiger partial charge in [-0.2, -0.15) is 0 Å². The number of carbonyl (C=O) groups is 1. The summed E-state index contributed by atoms with van der Waals surface area (Å²) in [6, 6.07) is 7.95. The number of methoxy groups -OCH3 is 2. The predicted molar refractivity (Wildman–Crippen MR) is 92.7 cm³/mol. The second-order valence-corrected chi connectivity index (χ2v) is 5.20. The monoisotopic (exact) mass is 364 g/mol. The average Bonchev–Trinajstić information content (AvgIpc) is 2.63. The highest BCUT2D eigenvalue weighted by atomic mass is 19.1. The number of nitrogens with one attached hydrogen (secondary N) is 1. The second-order valence-electron chi connectivity index (χ2n) is 5.20. The van der Waals surface area contributed by atoms with Crippen molar-refractivity contribution in [1.29, 1.82) is 0 Å². The lowest BCUT2D eigenvalue weighted by molar-refractivity contribution is -0.126. The lowest BCUT2D eigenvalue weighted by atomic mass is 10.2. The lowest BCUT2D eigenvalue weighted by Crippen LogP contribution is -2.26. The minimum absolute atomic E-state index is 0.148. The van der Waals surface area contributed by atoms with Crippen molar-refractivity contribution in [3.8, 4) is 11.5 Å². The summed E-state index contributed by atoms with van der Waals surface area (Å²) >= 11 is 0. The zero-order valence-corrected chi connectivity index (χ0v) is 14.5. The predicted octanol–water partition coefficient (Wildman–Crippen LogP) is 3.36. The molecule has 1 amide bonds. The van der Waals surface area contributed by atoms with E-state index in [1.54, 1.807) is 18.2 Å². The molecule has 26 heavy (non-hydrogen) atoms. The van der Waals surface area contributed by atoms with Crippen molar-refractivity contribution >= 4 is 17.8 Å². The first-order chi connectivity index (χ1) is 12.4. The summed E-state index contributed by atoms with van der Waals surface area (Å²) in [5, 5.41) is 6.05. The molecule has 2 aromatic rings. The van der Waals surface area contributed by atoms with E-state index in [-0.39, 0.29) is 5.69 Å². The Balaban J connectivity index is 2.00. The van der Waals surface area contributed by atoms with Crippen molar-refractivity contribution in [3.63, 3.8) is 0 Å². The highest BCUT2D eigenvalue weighted by molar-refractivity contribution is 5.94.